The summed E-state index contributed by atoms with van der Waals surface area (Å²) in [5, 5.41) is 0.151. The zero-order valence-electron chi connectivity index (χ0n) is 17.8. The highest BCUT2D eigenvalue weighted by molar-refractivity contribution is 8.13. The maximum absolute atomic E-state index is 11.9. The molecule has 0 aromatic carbocycles. The maximum Gasteiger partial charge on any atom is 0.192 e. The van der Waals surface area contributed by atoms with E-state index in [1.807, 2.05) is 0 Å². The third-order valence-corrected chi connectivity index (χ3v) is 6.10. The summed E-state index contributed by atoms with van der Waals surface area (Å²) in [6, 6.07) is 1.77. The Morgan fingerprint density at radius 2 is 1.46 bits per heavy atom. The Bertz CT molecular complexity index is 355. The molecule has 0 radical (unpaired) electrons. The van der Waals surface area contributed by atoms with Crippen molar-refractivity contribution in [2.24, 2.45) is 0 Å². The molecule has 0 fully saturated rings. The molecule has 0 aliphatic carbocycles. The van der Waals surface area contributed by atoms with Crippen LogP contribution in [0, 0.1) is 0 Å². The van der Waals surface area contributed by atoms with Crippen LogP contribution >= 0.6 is 20.7 Å². The van der Waals surface area contributed by atoms with Crippen LogP contribution in [-0.4, -0.2) is 64.9 Å². The smallest absolute Gasteiger partial charge is 0.192 e. The Morgan fingerprint density at radius 3 is 1.96 bits per heavy atom. The van der Waals surface area contributed by atoms with Gasteiger partial charge in [0.25, 0.3) is 0 Å². The average Bonchev–Trinajstić information content (AvgIpc) is 2.51. The van der Waals surface area contributed by atoms with Crippen molar-refractivity contribution in [1.29, 1.82) is 0 Å². The Kier molecular flexibility index (Phi) is 15.4. The van der Waals surface area contributed by atoms with E-state index in [1.165, 1.54) is 11.8 Å². The van der Waals surface area contributed by atoms with Gasteiger partial charge in [-0.2, -0.15) is 0 Å². The molecule has 1 unspecified atom stereocenters. The molecule has 0 aromatic rings. The number of hydrogen-bond donors (Lipinski definition) is 0. The standard InChI is InChI=1S/C18H39N2O4PS/c1-14(2)19(15(3)4)10-9-18(21)26-13-23-11-22-12-24-25-20(16(5)6)17(7)8/h14-17,25H,9-13H2,1-8H3. The van der Waals surface area contributed by atoms with Gasteiger partial charge in [0.15, 0.2) is 18.7 Å². The van der Waals surface area contributed by atoms with Crippen molar-refractivity contribution in [1.82, 2.24) is 9.57 Å². The summed E-state index contributed by atoms with van der Waals surface area (Å²) in [6.07, 6.45) is 0.537. The van der Waals surface area contributed by atoms with E-state index in [0.717, 1.165) is 6.54 Å². The van der Waals surface area contributed by atoms with Crippen LogP contribution in [0.5, 0.6) is 0 Å². The number of carbonyl (C=O) groups excluding carboxylic acids is 1. The lowest BCUT2D eigenvalue weighted by Crippen LogP contribution is -2.38. The second kappa shape index (κ2) is 15.2. The molecule has 26 heavy (non-hydrogen) atoms. The topological polar surface area (TPSA) is 51.2 Å². The van der Waals surface area contributed by atoms with Crippen molar-refractivity contribution in [2.75, 3.05) is 26.1 Å². The van der Waals surface area contributed by atoms with Crippen molar-refractivity contribution in [3.05, 3.63) is 0 Å². The first-order valence-electron chi connectivity index (χ1n) is 9.39. The quantitative estimate of drug-likeness (QED) is 0.227. The van der Waals surface area contributed by atoms with E-state index in [4.69, 9.17) is 14.0 Å². The van der Waals surface area contributed by atoms with Crippen molar-refractivity contribution in [2.45, 2.75) is 86.0 Å². The summed E-state index contributed by atoms with van der Waals surface area (Å²) in [7, 11) is 0.274. The van der Waals surface area contributed by atoms with Gasteiger partial charge in [0.05, 0.1) is 8.96 Å². The SMILES string of the molecule is CC(C)N(CCC(=O)SCOCOCOPN(C(C)C)C(C)C)C(C)C. The van der Waals surface area contributed by atoms with Gasteiger partial charge < -0.3 is 14.0 Å². The van der Waals surface area contributed by atoms with Crippen molar-refractivity contribution in [3.8, 4) is 0 Å². The fraction of sp³-hybridized carbons (Fsp3) is 0.944. The largest absolute Gasteiger partial charge is 0.344 e. The van der Waals surface area contributed by atoms with Crippen LogP contribution in [0.2, 0.25) is 0 Å². The van der Waals surface area contributed by atoms with Crippen LogP contribution in [0.1, 0.15) is 61.8 Å². The lowest BCUT2D eigenvalue weighted by Gasteiger charge is -2.30. The third-order valence-electron chi connectivity index (χ3n) is 3.80. The summed E-state index contributed by atoms with van der Waals surface area (Å²) < 4.78 is 18.4. The molecular weight excluding hydrogens is 371 g/mol. The number of ether oxygens (including phenoxy) is 2. The van der Waals surface area contributed by atoms with E-state index < -0.39 is 0 Å². The first-order chi connectivity index (χ1) is 12.2. The van der Waals surface area contributed by atoms with E-state index >= 15 is 0 Å². The Labute approximate surface area is 166 Å². The molecule has 0 heterocycles. The molecule has 8 heteroatoms. The van der Waals surface area contributed by atoms with E-state index in [0.29, 0.717) is 36.5 Å². The molecular formula is C18H39N2O4PS. The number of carbonyl (C=O) groups is 1. The van der Waals surface area contributed by atoms with Crippen molar-refractivity contribution in [3.63, 3.8) is 0 Å². The summed E-state index contributed by atoms with van der Waals surface area (Å²) in [6.45, 7) is 18.3. The number of thioether (sulfide) groups is 1. The second-order valence-electron chi connectivity index (χ2n) is 7.28. The maximum atomic E-state index is 11.9. The first kappa shape index (κ1) is 26.2. The van der Waals surface area contributed by atoms with Gasteiger partial charge in [0, 0.05) is 37.1 Å². The van der Waals surface area contributed by atoms with Gasteiger partial charge in [0.2, 0.25) is 0 Å². The minimum absolute atomic E-state index is 0.137. The molecule has 0 saturated heterocycles. The van der Waals surface area contributed by atoms with Gasteiger partial charge in [-0.15, -0.1) is 0 Å². The molecule has 0 N–H and O–H groups in total. The molecule has 0 saturated carbocycles. The normalized spacial score (nSPS) is 13.0. The highest BCUT2D eigenvalue weighted by Gasteiger charge is 2.15. The lowest BCUT2D eigenvalue weighted by molar-refractivity contribution is -0.111. The van der Waals surface area contributed by atoms with Crippen LogP contribution in [0.25, 0.3) is 0 Å². The average molecular weight is 411 g/mol. The molecule has 0 amide bonds. The van der Waals surface area contributed by atoms with E-state index in [-0.39, 0.29) is 27.7 Å². The van der Waals surface area contributed by atoms with Crippen LogP contribution in [0.4, 0.5) is 0 Å². The third kappa shape index (κ3) is 12.6. The minimum atomic E-state index is 0.137. The zero-order valence-corrected chi connectivity index (χ0v) is 19.6. The Morgan fingerprint density at radius 1 is 0.885 bits per heavy atom. The molecule has 0 aromatic heterocycles. The molecule has 0 aliphatic heterocycles. The van der Waals surface area contributed by atoms with Crippen molar-refractivity contribution < 1.29 is 18.8 Å². The predicted octanol–water partition coefficient (Wildman–Crippen LogP) is 4.30. The number of nitrogens with zero attached hydrogens (tertiary/aromatic N) is 2. The Balaban J connectivity index is 3.67. The van der Waals surface area contributed by atoms with Gasteiger partial charge in [-0.3, -0.25) is 14.4 Å². The number of rotatable bonds is 15. The fourth-order valence-electron chi connectivity index (χ4n) is 2.59. The summed E-state index contributed by atoms with van der Waals surface area (Å²) in [5.74, 6) is 0.314. The molecule has 1 atom stereocenters. The minimum Gasteiger partial charge on any atom is -0.344 e. The highest BCUT2D eigenvalue weighted by atomic mass is 32.2. The highest BCUT2D eigenvalue weighted by Crippen LogP contribution is 2.25. The molecule has 6 nitrogen and oxygen atoms in total. The fourth-order valence-corrected chi connectivity index (χ4v) is 3.81. The zero-order chi connectivity index (χ0) is 20.1. The summed E-state index contributed by atoms with van der Waals surface area (Å²) in [5.41, 5.74) is 0. The van der Waals surface area contributed by atoms with Crippen LogP contribution in [0.3, 0.4) is 0 Å². The van der Waals surface area contributed by atoms with E-state index in [1.54, 1.807) is 0 Å². The summed E-state index contributed by atoms with van der Waals surface area (Å²) >= 11 is 1.20. The van der Waals surface area contributed by atoms with Crippen molar-refractivity contribution >= 4 is 25.8 Å². The van der Waals surface area contributed by atoms with Gasteiger partial charge in [0.1, 0.15) is 5.94 Å². The number of hydrogen-bond acceptors (Lipinski definition) is 7. The summed E-state index contributed by atoms with van der Waals surface area (Å²) in [4.78, 5) is 14.2. The second-order valence-corrected chi connectivity index (χ2v) is 9.25. The first-order valence-corrected chi connectivity index (χ1v) is 11.2. The molecule has 0 spiro atoms. The molecule has 0 bridgehead atoms. The van der Waals surface area contributed by atoms with Gasteiger partial charge in [-0.25, -0.2) is 0 Å². The van der Waals surface area contributed by atoms with Crippen LogP contribution < -0.4 is 0 Å². The van der Waals surface area contributed by atoms with E-state index in [2.05, 4.69) is 65.0 Å². The van der Waals surface area contributed by atoms with Crippen LogP contribution in [0.15, 0.2) is 0 Å². The predicted molar refractivity (Wildman–Crippen MR) is 112 cm³/mol. The monoisotopic (exact) mass is 410 g/mol. The van der Waals surface area contributed by atoms with Gasteiger partial charge in [-0.1, -0.05) is 11.8 Å². The molecule has 156 valence electrons. The Hall–Kier alpha value is 0.250. The lowest BCUT2D eigenvalue weighted by atomic mass is 10.2. The van der Waals surface area contributed by atoms with Gasteiger partial charge in [-0.05, 0) is 55.4 Å². The molecule has 0 rings (SSSR count). The van der Waals surface area contributed by atoms with E-state index in [9.17, 15) is 4.79 Å². The van der Waals surface area contributed by atoms with Crippen LogP contribution in [-0.2, 0) is 18.8 Å². The van der Waals surface area contributed by atoms with Gasteiger partial charge >= 0.3 is 0 Å². The molecule has 0 aliphatic rings.